The molecule has 90 valence electrons. The first kappa shape index (κ1) is 12.0. The standard InChI is InChI=1S/C13H17N3S/c1-13(2,3)16-12(17)15(4)11(14-16)10-8-6-5-7-9-10/h5-9H,1-4H3. The normalized spacial score (nSPS) is 11.8. The van der Waals surface area contributed by atoms with Crippen molar-refractivity contribution in [2.45, 2.75) is 26.3 Å². The Morgan fingerprint density at radius 2 is 1.71 bits per heavy atom. The van der Waals surface area contributed by atoms with Crippen molar-refractivity contribution >= 4 is 12.2 Å². The summed E-state index contributed by atoms with van der Waals surface area (Å²) < 4.78 is 4.59. The lowest BCUT2D eigenvalue weighted by Gasteiger charge is -2.18. The molecule has 0 N–H and O–H groups in total. The molecule has 0 amide bonds. The fraction of sp³-hybridized carbons (Fsp3) is 0.385. The van der Waals surface area contributed by atoms with E-state index in [-0.39, 0.29) is 5.54 Å². The highest BCUT2D eigenvalue weighted by molar-refractivity contribution is 7.71. The van der Waals surface area contributed by atoms with E-state index in [4.69, 9.17) is 12.2 Å². The predicted octanol–water partition coefficient (Wildman–Crippen LogP) is 3.37. The van der Waals surface area contributed by atoms with E-state index in [0.717, 1.165) is 16.2 Å². The van der Waals surface area contributed by atoms with E-state index >= 15 is 0 Å². The zero-order valence-corrected chi connectivity index (χ0v) is 11.5. The van der Waals surface area contributed by atoms with Gasteiger partial charge in [0.25, 0.3) is 0 Å². The zero-order chi connectivity index (χ0) is 12.6. The SMILES string of the molecule is Cn1c(-c2ccccc2)nn(C(C)(C)C)c1=S. The van der Waals surface area contributed by atoms with Gasteiger partial charge >= 0.3 is 0 Å². The second-order valence-electron chi connectivity index (χ2n) is 5.11. The lowest BCUT2D eigenvalue weighted by atomic mass is 10.1. The smallest absolute Gasteiger partial charge is 0.198 e. The third-order valence-electron chi connectivity index (χ3n) is 2.65. The van der Waals surface area contributed by atoms with Gasteiger partial charge in [0.1, 0.15) is 0 Å². The second kappa shape index (κ2) is 4.11. The Kier molecular flexibility index (Phi) is 2.91. The molecule has 0 bridgehead atoms. The van der Waals surface area contributed by atoms with Gasteiger partial charge in [-0.15, -0.1) is 0 Å². The fourth-order valence-corrected chi connectivity index (χ4v) is 2.11. The van der Waals surface area contributed by atoms with Gasteiger partial charge in [-0.2, -0.15) is 5.10 Å². The molecule has 0 atom stereocenters. The molecule has 0 spiro atoms. The van der Waals surface area contributed by atoms with Crippen molar-refractivity contribution in [3.8, 4) is 11.4 Å². The van der Waals surface area contributed by atoms with E-state index in [9.17, 15) is 0 Å². The Bertz CT molecular complexity index is 573. The highest BCUT2D eigenvalue weighted by atomic mass is 32.1. The summed E-state index contributed by atoms with van der Waals surface area (Å²) in [5.41, 5.74) is 0.992. The molecule has 0 fully saturated rings. The molecule has 1 heterocycles. The topological polar surface area (TPSA) is 22.8 Å². The van der Waals surface area contributed by atoms with Crippen molar-refractivity contribution < 1.29 is 0 Å². The van der Waals surface area contributed by atoms with Crippen molar-refractivity contribution in [1.29, 1.82) is 0 Å². The van der Waals surface area contributed by atoms with E-state index in [1.807, 2.05) is 46.6 Å². The van der Waals surface area contributed by atoms with E-state index in [0.29, 0.717) is 0 Å². The average Bonchev–Trinajstić information content (AvgIpc) is 2.57. The molecular weight excluding hydrogens is 230 g/mol. The molecule has 1 aromatic carbocycles. The summed E-state index contributed by atoms with van der Waals surface area (Å²) in [6, 6.07) is 10.1. The highest BCUT2D eigenvalue weighted by Crippen LogP contribution is 2.20. The number of hydrogen-bond donors (Lipinski definition) is 0. The Labute approximate surface area is 107 Å². The van der Waals surface area contributed by atoms with E-state index in [2.05, 4.69) is 25.9 Å². The molecule has 0 aliphatic rings. The van der Waals surface area contributed by atoms with Crippen molar-refractivity contribution in [1.82, 2.24) is 14.3 Å². The third kappa shape index (κ3) is 2.17. The van der Waals surface area contributed by atoms with Crippen LogP contribution in [0, 0.1) is 4.77 Å². The van der Waals surface area contributed by atoms with Gasteiger partial charge in [-0.05, 0) is 33.0 Å². The van der Waals surface area contributed by atoms with Crippen molar-refractivity contribution in [2.75, 3.05) is 0 Å². The van der Waals surface area contributed by atoms with Gasteiger partial charge in [0.15, 0.2) is 10.6 Å². The molecule has 0 saturated heterocycles. The van der Waals surface area contributed by atoms with E-state index in [1.165, 1.54) is 0 Å². The van der Waals surface area contributed by atoms with Crippen LogP contribution in [-0.2, 0) is 12.6 Å². The molecule has 0 unspecified atom stereocenters. The zero-order valence-electron chi connectivity index (χ0n) is 10.6. The monoisotopic (exact) mass is 247 g/mol. The first-order valence-corrected chi connectivity index (χ1v) is 6.04. The second-order valence-corrected chi connectivity index (χ2v) is 5.48. The molecule has 17 heavy (non-hydrogen) atoms. The Hall–Kier alpha value is -1.42. The summed E-state index contributed by atoms with van der Waals surface area (Å²) in [5.74, 6) is 0.908. The average molecular weight is 247 g/mol. The number of aromatic nitrogens is 3. The Balaban J connectivity index is 2.63. The van der Waals surface area contributed by atoms with Crippen LogP contribution in [0.3, 0.4) is 0 Å². The Morgan fingerprint density at radius 1 is 1.12 bits per heavy atom. The molecule has 4 heteroatoms. The van der Waals surface area contributed by atoms with Gasteiger partial charge in [-0.3, -0.25) is 0 Å². The summed E-state index contributed by atoms with van der Waals surface area (Å²) in [7, 11) is 1.96. The molecule has 0 radical (unpaired) electrons. The van der Waals surface area contributed by atoms with Crippen LogP contribution in [0.25, 0.3) is 11.4 Å². The van der Waals surface area contributed by atoms with Crippen LogP contribution < -0.4 is 0 Å². The number of hydrogen-bond acceptors (Lipinski definition) is 2. The molecule has 0 aliphatic carbocycles. The summed E-state index contributed by atoms with van der Waals surface area (Å²) in [6.45, 7) is 6.31. The van der Waals surface area contributed by atoms with Gasteiger partial charge in [0.2, 0.25) is 0 Å². The van der Waals surface area contributed by atoms with Gasteiger partial charge in [0, 0.05) is 12.6 Å². The van der Waals surface area contributed by atoms with Crippen LogP contribution in [0.2, 0.25) is 0 Å². The number of benzene rings is 1. The lowest BCUT2D eigenvalue weighted by Crippen LogP contribution is -2.23. The maximum atomic E-state index is 5.43. The summed E-state index contributed by atoms with van der Waals surface area (Å²) in [4.78, 5) is 0. The number of rotatable bonds is 1. The minimum atomic E-state index is -0.0954. The molecular formula is C13H17N3S. The summed E-state index contributed by atoms with van der Waals surface area (Å²) >= 11 is 5.43. The van der Waals surface area contributed by atoms with Gasteiger partial charge in [-0.1, -0.05) is 30.3 Å². The predicted molar refractivity (Wildman–Crippen MR) is 72.5 cm³/mol. The van der Waals surface area contributed by atoms with Crippen molar-refractivity contribution in [2.24, 2.45) is 7.05 Å². The van der Waals surface area contributed by atoms with Gasteiger partial charge in [-0.25, -0.2) is 4.68 Å². The maximum absolute atomic E-state index is 5.43. The van der Waals surface area contributed by atoms with Crippen LogP contribution in [0.15, 0.2) is 30.3 Å². The van der Waals surface area contributed by atoms with E-state index < -0.39 is 0 Å². The number of nitrogens with zero attached hydrogens (tertiary/aromatic N) is 3. The van der Waals surface area contributed by atoms with Gasteiger partial charge < -0.3 is 4.57 Å². The molecule has 2 aromatic rings. The first-order valence-electron chi connectivity index (χ1n) is 5.63. The van der Waals surface area contributed by atoms with Crippen LogP contribution >= 0.6 is 12.2 Å². The lowest BCUT2D eigenvalue weighted by molar-refractivity contribution is 0.349. The van der Waals surface area contributed by atoms with Crippen LogP contribution in [0.4, 0.5) is 0 Å². The summed E-state index contributed by atoms with van der Waals surface area (Å²) in [6.07, 6.45) is 0. The van der Waals surface area contributed by atoms with Crippen LogP contribution in [0.5, 0.6) is 0 Å². The Morgan fingerprint density at radius 3 is 2.18 bits per heavy atom. The quantitative estimate of drug-likeness (QED) is 0.721. The molecule has 3 nitrogen and oxygen atoms in total. The minimum absolute atomic E-state index is 0.0954. The van der Waals surface area contributed by atoms with Crippen LogP contribution in [0.1, 0.15) is 20.8 Å². The largest absolute Gasteiger partial charge is 0.303 e. The van der Waals surface area contributed by atoms with Crippen LogP contribution in [-0.4, -0.2) is 14.3 Å². The molecule has 0 aliphatic heterocycles. The maximum Gasteiger partial charge on any atom is 0.198 e. The summed E-state index contributed by atoms with van der Waals surface area (Å²) in [5, 5.41) is 4.63. The van der Waals surface area contributed by atoms with E-state index in [1.54, 1.807) is 0 Å². The molecule has 0 saturated carbocycles. The highest BCUT2D eigenvalue weighted by Gasteiger charge is 2.19. The molecule has 2 rings (SSSR count). The van der Waals surface area contributed by atoms with Crippen molar-refractivity contribution in [3.63, 3.8) is 0 Å². The first-order chi connectivity index (χ1) is 7.91. The third-order valence-corrected chi connectivity index (χ3v) is 3.09. The minimum Gasteiger partial charge on any atom is -0.303 e. The molecule has 1 aromatic heterocycles. The van der Waals surface area contributed by atoms with Gasteiger partial charge in [0.05, 0.1) is 5.54 Å². The van der Waals surface area contributed by atoms with Crippen molar-refractivity contribution in [3.05, 3.63) is 35.1 Å². The fourth-order valence-electron chi connectivity index (χ4n) is 1.71.